The lowest BCUT2D eigenvalue weighted by Gasteiger charge is -2.24. The van der Waals surface area contributed by atoms with Gasteiger partial charge in [-0.05, 0) is 43.2 Å². The summed E-state index contributed by atoms with van der Waals surface area (Å²) in [6.45, 7) is 0.759. The lowest BCUT2D eigenvalue weighted by Crippen LogP contribution is -2.38. The van der Waals surface area contributed by atoms with E-state index >= 15 is 0 Å². The van der Waals surface area contributed by atoms with Crippen LogP contribution in [-0.4, -0.2) is 65.7 Å². The quantitative estimate of drug-likeness (QED) is 0.473. The Morgan fingerprint density at radius 3 is 2.68 bits per heavy atom. The summed E-state index contributed by atoms with van der Waals surface area (Å²) in [6, 6.07) is 13.3. The van der Waals surface area contributed by atoms with E-state index in [1.54, 1.807) is 4.68 Å². The van der Waals surface area contributed by atoms with Crippen molar-refractivity contribution in [3.8, 4) is 5.69 Å². The monoisotopic (exact) mass is 481 g/mol. The van der Waals surface area contributed by atoms with E-state index in [-0.39, 0.29) is 23.0 Å². The molecular formula is C23H23N5O5S. The number of para-hydroxylation sites is 1. The number of sulfonamides is 1. The second-order valence-corrected chi connectivity index (χ2v) is 10.1. The van der Waals surface area contributed by atoms with Crippen molar-refractivity contribution in [1.82, 2.24) is 19.3 Å². The molecule has 1 amide bonds. The number of hydrogen-bond donors (Lipinski definition) is 0. The maximum Gasteiger partial charge on any atom is 0.299 e. The minimum Gasteiger partial charge on any atom is -0.383 e. The molecule has 11 heteroatoms. The first-order valence-electron chi connectivity index (χ1n) is 10.9. The molecule has 0 unspecified atom stereocenters. The fourth-order valence-corrected chi connectivity index (χ4v) is 6.24. The Morgan fingerprint density at radius 1 is 1.12 bits per heavy atom. The Morgan fingerprint density at radius 2 is 1.91 bits per heavy atom. The molecule has 5 rings (SSSR count). The summed E-state index contributed by atoms with van der Waals surface area (Å²) in [4.78, 5) is 27.0. The van der Waals surface area contributed by atoms with Crippen LogP contribution in [0.25, 0.3) is 5.69 Å². The van der Waals surface area contributed by atoms with Gasteiger partial charge in [0.1, 0.15) is 0 Å². The van der Waals surface area contributed by atoms with E-state index in [0.29, 0.717) is 31.0 Å². The van der Waals surface area contributed by atoms with Crippen molar-refractivity contribution < 1.29 is 22.7 Å². The summed E-state index contributed by atoms with van der Waals surface area (Å²) in [5.41, 5.74) is 1.82. The van der Waals surface area contributed by atoms with Crippen molar-refractivity contribution in [2.24, 2.45) is 0 Å². The first-order valence-corrected chi connectivity index (χ1v) is 12.3. The molecule has 1 aromatic heterocycles. The summed E-state index contributed by atoms with van der Waals surface area (Å²) in [5, 5.41) is 8.04. The molecule has 3 aromatic rings. The Labute approximate surface area is 196 Å². The highest BCUT2D eigenvalue weighted by Crippen LogP contribution is 2.34. The molecule has 3 heterocycles. The molecular weight excluding hydrogens is 458 g/mol. The first-order chi connectivity index (χ1) is 16.4. The van der Waals surface area contributed by atoms with Crippen LogP contribution in [0, 0.1) is 0 Å². The molecule has 0 spiro atoms. The van der Waals surface area contributed by atoms with Crippen LogP contribution < -0.4 is 4.90 Å². The highest BCUT2D eigenvalue weighted by molar-refractivity contribution is 7.89. The molecule has 2 aliphatic rings. The number of amides is 1. The molecule has 0 N–H and O–H groups in total. The predicted molar refractivity (Wildman–Crippen MR) is 122 cm³/mol. The van der Waals surface area contributed by atoms with Gasteiger partial charge in [0, 0.05) is 19.7 Å². The van der Waals surface area contributed by atoms with Gasteiger partial charge in [-0.2, -0.15) is 4.31 Å². The SMILES string of the molecule is COC[C@@H]1CCCN1S(=O)(=O)c1ccc2c(c1)C(=O)C(=O)N2Cc1cnnn1-c1ccccc1. The largest absolute Gasteiger partial charge is 0.383 e. The third-order valence-electron chi connectivity index (χ3n) is 6.17. The van der Waals surface area contributed by atoms with Gasteiger partial charge in [0.25, 0.3) is 11.7 Å². The third-order valence-corrected chi connectivity index (χ3v) is 8.12. The second-order valence-electron chi connectivity index (χ2n) is 8.24. The van der Waals surface area contributed by atoms with Gasteiger partial charge in [-0.25, -0.2) is 13.1 Å². The van der Waals surface area contributed by atoms with Crippen LogP contribution in [0.1, 0.15) is 28.9 Å². The summed E-state index contributed by atoms with van der Waals surface area (Å²) < 4.78 is 34.8. The second kappa shape index (κ2) is 8.75. The number of ketones is 1. The fourth-order valence-electron chi connectivity index (χ4n) is 4.53. The molecule has 176 valence electrons. The standard InChI is InChI=1S/C23H23N5O5S/c1-33-15-17-8-5-11-27(17)34(31,32)19-9-10-21-20(12-19)22(29)23(30)26(21)14-18-13-24-25-28(18)16-6-3-2-4-7-16/h2-4,6-7,9-10,12-13,17H,5,8,11,14-15H2,1H3/t17-/m0/s1. The van der Waals surface area contributed by atoms with Crippen molar-refractivity contribution in [1.29, 1.82) is 0 Å². The molecule has 0 radical (unpaired) electrons. The summed E-state index contributed by atoms with van der Waals surface area (Å²) >= 11 is 0. The van der Waals surface area contributed by atoms with Crippen molar-refractivity contribution >= 4 is 27.4 Å². The number of nitrogens with zero attached hydrogens (tertiary/aromatic N) is 5. The summed E-state index contributed by atoms with van der Waals surface area (Å²) in [5.74, 6) is -1.45. The van der Waals surface area contributed by atoms with Gasteiger partial charge in [-0.3, -0.25) is 14.5 Å². The van der Waals surface area contributed by atoms with Gasteiger partial charge >= 0.3 is 0 Å². The Hall–Kier alpha value is -3.41. The molecule has 1 fully saturated rings. The molecule has 0 saturated carbocycles. The molecule has 1 saturated heterocycles. The minimum absolute atomic E-state index is 0.00625. The zero-order valence-electron chi connectivity index (χ0n) is 18.5. The number of carbonyl (C=O) groups is 2. The zero-order chi connectivity index (χ0) is 23.9. The number of benzene rings is 2. The number of hydrogen-bond acceptors (Lipinski definition) is 7. The van der Waals surface area contributed by atoms with Crippen LogP contribution in [0.3, 0.4) is 0 Å². The highest BCUT2D eigenvalue weighted by Gasteiger charge is 2.40. The number of Topliss-reactive ketones (excluding diaryl/α,β-unsaturated/α-hetero) is 1. The van der Waals surface area contributed by atoms with E-state index in [1.165, 1.54) is 40.7 Å². The maximum absolute atomic E-state index is 13.3. The van der Waals surface area contributed by atoms with Gasteiger partial charge < -0.3 is 4.74 Å². The Kier molecular flexibility index (Phi) is 5.76. The smallest absolute Gasteiger partial charge is 0.299 e. The normalized spacial score (nSPS) is 18.6. The lowest BCUT2D eigenvalue weighted by atomic mass is 10.1. The number of fused-ring (bicyclic) bond motifs is 1. The predicted octanol–water partition coefficient (Wildman–Crippen LogP) is 1.80. The molecule has 34 heavy (non-hydrogen) atoms. The lowest BCUT2D eigenvalue weighted by molar-refractivity contribution is -0.114. The highest BCUT2D eigenvalue weighted by atomic mass is 32.2. The fraction of sp³-hybridized carbons (Fsp3) is 0.304. The topological polar surface area (TPSA) is 115 Å². The zero-order valence-corrected chi connectivity index (χ0v) is 19.3. The number of methoxy groups -OCH3 is 1. The summed E-state index contributed by atoms with van der Waals surface area (Å²) in [7, 11) is -2.30. The van der Waals surface area contributed by atoms with E-state index in [0.717, 1.165) is 12.1 Å². The van der Waals surface area contributed by atoms with Gasteiger partial charge in [-0.1, -0.05) is 23.4 Å². The van der Waals surface area contributed by atoms with Crippen molar-refractivity contribution in [3.05, 3.63) is 66.0 Å². The van der Waals surface area contributed by atoms with Crippen molar-refractivity contribution in [2.75, 3.05) is 25.2 Å². The minimum atomic E-state index is -3.84. The van der Waals surface area contributed by atoms with Crippen LogP contribution >= 0.6 is 0 Å². The Bertz CT molecular complexity index is 1360. The van der Waals surface area contributed by atoms with Crippen LogP contribution in [0.4, 0.5) is 5.69 Å². The number of carbonyl (C=O) groups excluding carboxylic acids is 2. The van der Waals surface area contributed by atoms with E-state index < -0.39 is 21.7 Å². The van der Waals surface area contributed by atoms with Gasteiger partial charge in [0.2, 0.25) is 10.0 Å². The summed E-state index contributed by atoms with van der Waals surface area (Å²) in [6.07, 6.45) is 2.99. The molecule has 2 aliphatic heterocycles. The number of anilines is 1. The van der Waals surface area contributed by atoms with Gasteiger partial charge in [0.05, 0.1) is 46.9 Å². The average molecular weight is 482 g/mol. The third kappa shape index (κ3) is 3.71. The molecule has 0 aliphatic carbocycles. The van der Waals surface area contributed by atoms with Crippen molar-refractivity contribution in [2.45, 2.75) is 30.3 Å². The van der Waals surface area contributed by atoms with Gasteiger partial charge in [0.15, 0.2) is 0 Å². The number of aromatic nitrogens is 3. The van der Waals surface area contributed by atoms with Gasteiger partial charge in [-0.15, -0.1) is 5.10 Å². The van der Waals surface area contributed by atoms with Crippen LogP contribution in [0.5, 0.6) is 0 Å². The van der Waals surface area contributed by atoms with Crippen molar-refractivity contribution in [3.63, 3.8) is 0 Å². The van der Waals surface area contributed by atoms with E-state index in [2.05, 4.69) is 10.3 Å². The van der Waals surface area contributed by atoms with Crippen LogP contribution in [0.2, 0.25) is 0 Å². The number of ether oxygens (including phenoxy) is 1. The molecule has 2 aromatic carbocycles. The van der Waals surface area contributed by atoms with E-state index in [9.17, 15) is 18.0 Å². The molecule has 0 bridgehead atoms. The van der Waals surface area contributed by atoms with E-state index in [1.807, 2.05) is 30.3 Å². The Balaban J connectivity index is 1.46. The van der Waals surface area contributed by atoms with Crippen LogP contribution in [-0.2, 0) is 26.1 Å². The molecule has 1 atom stereocenters. The molecule has 10 nitrogen and oxygen atoms in total. The number of rotatable bonds is 7. The maximum atomic E-state index is 13.3. The van der Waals surface area contributed by atoms with E-state index in [4.69, 9.17) is 4.74 Å². The average Bonchev–Trinajstić information content (AvgIpc) is 3.56. The first kappa shape index (κ1) is 22.4. The van der Waals surface area contributed by atoms with Crippen LogP contribution in [0.15, 0.2) is 59.6 Å².